The molecule has 0 spiro atoms. The highest BCUT2D eigenvalue weighted by Gasteiger charge is 2.09. The van der Waals surface area contributed by atoms with Crippen LogP contribution in [0.1, 0.15) is 6.92 Å². The van der Waals surface area contributed by atoms with Gasteiger partial charge in [0.25, 0.3) is 0 Å². The molecule has 0 aromatic heterocycles. The Kier molecular flexibility index (Phi) is 4.93. The first-order chi connectivity index (χ1) is 8.97. The van der Waals surface area contributed by atoms with E-state index in [1.807, 2.05) is 0 Å². The number of aliphatic carboxylic acids is 1. The Morgan fingerprint density at radius 2 is 1.95 bits per heavy atom. The van der Waals surface area contributed by atoms with Gasteiger partial charge in [-0.25, -0.2) is 4.79 Å². The number of carboxylic acid groups (broad SMARTS) is 1. The van der Waals surface area contributed by atoms with E-state index < -0.39 is 11.9 Å². The second-order valence-electron chi connectivity index (χ2n) is 3.69. The minimum atomic E-state index is -1.14. The third-order valence-electron chi connectivity index (χ3n) is 2.35. The van der Waals surface area contributed by atoms with Gasteiger partial charge in [0.1, 0.15) is 11.5 Å². The molecule has 0 radical (unpaired) electrons. The molecule has 19 heavy (non-hydrogen) atoms. The summed E-state index contributed by atoms with van der Waals surface area (Å²) in [4.78, 5) is 22.2. The second kappa shape index (κ2) is 6.44. The quantitative estimate of drug-likeness (QED) is 0.791. The Hall–Kier alpha value is -2.50. The molecule has 1 aromatic carbocycles. The summed E-state index contributed by atoms with van der Waals surface area (Å²) in [5.74, 6) is -0.665. The Morgan fingerprint density at radius 1 is 1.26 bits per heavy atom. The smallest absolute Gasteiger partial charge is 0.331 e. The molecule has 6 heteroatoms. The van der Waals surface area contributed by atoms with Gasteiger partial charge in [-0.05, 0) is 19.1 Å². The van der Waals surface area contributed by atoms with Crippen LogP contribution in [0.3, 0.4) is 0 Å². The molecular weight excluding hydrogens is 250 g/mol. The van der Waals surface area contributed by atoms with Crippen molar-refractivity contribution < 1.29 is 24.2 Å². The van der Waals surface area contributed by atoms with E-state index in [2.05, 4.69) is 5.32 Å². The predicted octanol–water partition coefficient (Wildman–Crippen LogP) is 1.67. The van der Waals surface area contributed by atoms with Crippen LogP contribution in [0.2, 0.25) is 0 Å². The molecule has 0 fully saturated rings. The van der Waals surface area contributed by atoms with E-state index in [1.54, 1.807) is 18.2 Å². The Morgan fingerprint density at radius 3 is 2.47 bits per heavy atom. The normalized spacial score (nSPS) is 10.8. The molecule has 0 saturated carbocycles. The van der Waals surface area contributed by atoms with E-state index in [0.717, 1.165) is 6.08 Å². The Bertz CT molecular complexity index is 522. The van der Waals surface area contributed by atoms with Crippen LogP contribution in [-0.4, -0.2) is 31.2 Å². The molecule has 0 atom stereocenters. The highest BCUT2D eigenvalue weighted by molar-refractivity contribution is 6.04. The first kappa shape index (κ1) is 14.6. The molecule has 6 nitrogen and oxygen atoms in total. The summed E-state index contributed by atoms with van der Waals surface area (Å²) in [6, 6.07) is 4.88. The number of methoxy groups -OCH3 is 2. The zero-order valence-corrected chi connectivity index (χ0v) is 10.9. The zero-order valence-electron chi connectivity index (χ0n) is 10.9. The van der Waals surface area contributed by atoms with Gasteiger partial charge in [0.15, 0.2) is 0 Å². The molecule has 1 rings (SSSR count). The molecule has 0 bridgehead atoms. The van der Waals surface area contributed by atoms with Crippen molar-refractivity contribution in [1.82, 2.24) is 0 Å². The number of carboxylic acids is 1. The number of anilines is 1. The monoisotopic (exact) mass is 265 g/mol. The number of carbonyl (C=O) groups is 2. The molecule has 0 heterocycles. The van der Waals surface area contributed by atoms with Gasteiger partial charge in [-0.15, -0.1) is 0 Å². The topological polar surface area (TPSA) is 84.9 Å². The van der Waals surface area contributed by atoms with E-state index in [4.69, 9.17) is 14.6 Å². The lowest BCUT2D eigenvalue weighted by Gasteiger charge is -2.10. The number of nitrogens with one attached hydrogen (secondary N) is 1. The largest absolute Gasteiger partial charge is 0.497 e. The summed E-state index contributed by atoms with van der Waals surface area (Å²) in [5.41, 5.74) is 0.382. The third kappa shape index (κ3) is 4.02. The van der Waals surface area contributed by atoms with Gasteiger partial charge in [-0.3, -0.25) is 4.79 Å². The summed E-state index contributed by atoms with van der Waals surface area (Å²) in [6.07, 6.45) is 1.01. The fourth-order valence-electron chi connectivity index (χ4n) is 1.33. The summed E-state index contributed by atoms with van der Waals surface area (Å²) in [6.45, 7) is 1.34. The molecule has 0 aliphatic carbocycles. The van der Waals surface area contributed by atoms with Gasteiger partial charge in [0.05, 0.1) is 19.9 Å². The van der Waals surface area contributed by atoms with Crippen LogP contribution >= 0.6 is 0 Å². The maximum Gasteiger partial charge on any atom is 0.331 e. The van der Waals surface area contributed by atoms with Crippen molar-refractivity contribution in [3.8, 4) is 11.5 Å². The lowest BCUT2D eigenvalue weighted by Crippen LogP contribution is -2.11. The van der Waals surface area contributed by atoms with Gasteiger partial charge in [0.2, 0.25) is 5.91 Å². The van der Waals surface area contributed by atoms with Crippen LogP contribution in [0.5, 0.6) is 11.5 Å². The van der Waals surface area contributed by atoms with Gasteiger partial charge in [-0.2, -0.15) is 0 Å². The minimum absolute atomic E-state index is 0.0509. The standard InChI is InChI=1S/C13H15NO5/c1-8(13(16)17)6-12(15)14-10-5-4-9(18-2)7-11(10)19-3/h4-7H,1-3H3,(H,14,15)(H,16,17)/b8-6+. The van der Waals surface area contributed by atoms with Crippen LogP contribution < -0.4 is 14.8 Å². The first-order valence-electron chi connectivity index (χ1n) is 5.42. The molecule has 2 N–H and O–H groups in total. The average molecular weight is 265 g/mol. The van der Waals surface area contributed by atoms with Crippen LogP contribution in [0.15, 0.2) is 29.8 Å². The molecule has 0 aliphatic heterocycles. The van der Waals surface area contributed by atoms with E-state index in [9.17, 15) is 9.59 Å². The third-order valence-corrected chi connectivity index (χ3v) is 2.35. The predicted molar refractivity (Wildman–Crippen MR) is 69.6 cm³/mol. The number of rotatable bonds is 5. The van der Waals surface area contributed by atoms with Crippen molar-refractivity contribution in [2.45, 2.75) is 6.92 Å². The first-order valence-corrected chi connectivity index (χ1v) is 5.42. The fraction of sp³-hybridized carbons (Fsp3) is 0.231. The van der Waals surface area contributed by atoms with E-state index in [0.29, 0.717) is 17.2 Å². The maximum atomic E-state index is 11.6. The van der Waals surface area contributed by atoms with Crippen molar-refractivity contribution in [1.29, 1.82) is 0 Å². The maximum absolute atomic E-state index is 11.6. The molecule has 1 amide bonds. The lowest BCUT2D eigenvalue weighted by molar-refractivity contribution is -0.132. The van der Waals surface area contributed by atoms with Crippen molar-refractivity contribution in [2.24, 2.45) is 0 Å². The van der Waals surface area contributed by atoms with E-state index in [-0.39, 0.29) is 5.57 Å². The van der Waals surface area contributed by atoms with Gasteiger partial charge >= 0.3 is 5.97 Å². The number of carbonyl (C=O) groups excluding carboxylic acids is 1. The molecule has 0 unspecified atom stereocenters. The molecular formula is C13H15NO5. The summed E-state index contributed by atoms with van der Waals surface area (Å²) in [7, 11) is 2.98. The number of amides is 1. The highest BCUT2D eigenvalue weighted by Crippen LogP contribution is 2.28. The van der Waals surface area contributed by atoms with Gasteiger partial charge in [-0.1, -0.05) is 0 Å². The van der Waals surface area contributed by atoms with Crippen molar-refractivity contribution in [2.75, 3.05) is 19.5 Å². The van der Waals surface area contributed by atoms with Crippen LogP contribution in [0.4, 0.5) is 5.69 Å². The highest BCUT2D eigenvalue weighted by atomic mass is 16.5. The van der Waals surface area contributed by atoms with Crippen molar-refractivity contribution >= 4 is 17.6 Å². The number of ether oxygens (including phenoxy) is 2. The molecule has 0 saturated heterocycles. The van der Waals surface area contributed by atoms with Crippen molar-refractivity contribution in [3.63, 3.8) is 0 Å². The zero-order chi connectivity index (χ0) is 14.4. The molecule has 0 aliphatic rings. The van der Waals surface area contributed by atoms with Crippen LogP contribution in [0, 0.1) is 0 Å². The van der Waals surface area contributed by atoms with Gasteiger partial charge < -0.3 is 19.9 Å². The fourth-order valence-corrected chi connectivity index (χ4v) is 1.33. The Labute approximate surface area is 110 Å². The van der Waals surface area contributed by atoms with E-state index in [1.165, 1.54) is 21.1 Å². The summed E-state index contributed by atoms with van der Waals surface area (Å²) < 4.78 is 10.1. The van der Waals surface area contributed by atoms with Gasteiger partial charge in [0, 0.05) is 17.7 Å². The minimum Gasteiger partial charge on any atom is -0.497 e. The van der Waals surface area contributed by atoms with E-state index >= 15 is 0 Å². The van der Waals surface area contributed by atoms with Crippen LogP contribution in [-0.2, 0) is 9.59 Å². The number of hydrogen-bond donors (Lipinski definition) is 2. The molecule has 102 valence electrons. The summed E-state index contributed by atoms with van der Waals surface area (Å²) >= 11 is 0. The summed E-state index contributed by atoms with van der Waals surface area (Å²) in [5, 5.41) is 11.2. The SMILES string of the molecule is COc1ccc(NC(=O)/C=C(\C)C(=O)O)c(OC)c1. The second-order valence-corrected chi connectivity index (χ2v) is 3.69. The van der Waals surface area contributed by atoms with Crippen molar-refractivity contribution in [3.05, 3.63) is 29.8 Å². The number of benzene rings is 1. The average Bonchev–Trinajstić information content (AvgIpc) is 2.38. The lowest BCUT2D eigenvalue weighted by atomic mass is 10.2. The molecule has 1 aromatic rings. The number of hydrogen-bond acceptors (Lipinski definition) is 4. The van der Waals surface area contributed by atoms with Crippen LogP contribution in [0.25, 0.3) is 0 Å². The Balaban J connectivity index is 2.91.